The Morgan fingerprint density at radius 2 is 1.45 bits per heavy atom. The van der Waals surface area contributed by atoms with Gasteiger partial charge in [-0.05, 0) is 36.5 Å². The van der Waals surface area contributed by atoms with E-state index in [0.717, 1.165) is 12.8 Å². The van der Waals surface area contributed by atoms with Crippen molar-refractivity contribution in [3.8, 4) is 0 Å². The molecule has 0 heterocycles. The predicted octanol–water partition coefficient (Wildman–Crippen LogP) is 3.92. The second kappa shape index (κ2) is 6.46. The average Bonchev–Trinajstić information content (AvgIpc) is 2.07. The zero-order valence-corrected chi connectivity index (χ0v) is 15.1. The molecule has 2 unspecified atom stereocenters. The number of nitrogens with one attached hydrogen (secondary N) is 1. The average molecular weight is 284 g/mol. The summed E-state index contributed by atoms with van der Waals surface area (Å²) in [5.41, 5.74) is 5.66. The molecule has 2 atom stereocenters. The van der Waals surface area contributed by atoms with Gasteiger partial charge in [0.2, 0.25) is 5.91 Å². The van der Waals surface area contributed by atoms with Gasteiger partial charge in [0.1, 0.15) is 0 Å². The summed E-state index contributed by atoms with van der Waals surface area (Å²) < 4.78 is 0. The lowest BCUT2D eigenvalue weighted by molar-refractivity contribution is -0.131. The number of rotatable bonds is 5. The highest BCUT2D eigenvalue weighted by atomic mass is 16.2. The molecule has 0 saturated carbocycles. The maximum Gasteiger partial charge on any atom is 0.225 e. The van der Waals surface area contributed by atoms with Crippen LogP contribution < -0.4 is 11.1 Å². The first-order valence-electron chi connectivity index (χ1n) is 7.75. The summed E-state index contributed by atoms with van der Waals surface area (Å²) >= 11 is 0. The highest BCUT2D eigenvalue weighted by molar-refractivity contribution is 5.80. The smallest absolute Gasteiger partial charge is 0.225 e. The molecule has 0 fully saturated rings. The predicted molar refractivity (Wildman–Crippen MR) is 87.2 cm³/mol. The van der Waals surface area contributed by atoms with Crippen LogP contribution in [0.15, 0.2) is 0 Å². The first-order valence-corrected chi connectivity index (χ1v) is 7.75. The van der Waals surface area contributed by atoms with Gasteiger partial charge in [-0.2, -0.15) is 0 Å². The van der Waals surface area contributed by atoms with Gasteiger partial charge in [-0.25, -0.2) is 0 Å². The van der Waals surface area contributed by atoms with Crippen LogP contribution in [0.1, 0.15) is 75.2 Å². The van der Waals surface area contributed by atoms with Crippen molar-refractivity contribution in [1.82, 2.24) is 5.32 Å². The molecule has 0 aromatic rings. The van der Waals surface area contributed by atoms with E-state index in [1.165, 1.54) is 0 Å². The monoisotopic (exact) mass is 284 g/mol. The number of carbonyl (C=O) groups is 1. The lowest BCUT2D eigenvalue weighted by Gasteiger charge is -2.37. The number of nitrogens with two attached hydrogens (primary N) is 1. The zero-order chi connectivity index (χ0) is 16.4. The third-order valence-electron chi connectivity index (χ3n) is 3.42. The van der Waals surface area contributed by atoms with Crippen LogP contribution in [0.4, 0.5) is 0 Å². The maximum atomic E-state index is 12.7. The zero-order valence-electron chi connectivity index (χ0n) is 15.1. The molecule has 20 heavy (non-hydrogen) atoms. The van der Waals surface area contributed by atoms with Crippen LogP contribution in [-0.2, 0) is 4.79 Å². The van der Waals surface area contributed by atoms with Gasteiger partial charge in [-0.3, -0.25) is 4.79 Å². The molecule has 0 saturated heterocycles. The number of amides is 1. The van der Waals surface area contributed by atoms with Crippen LogP contribution in [0.2, 0.25) is 0 Å². The summed E-state index contributed by atoms with van der Waals surface area (Å²) in [7, 11) is 0. The molecule has 0 aromatic carbocycles. The first-order chi connectivity index (χ1) is 8.64. The van der Waals surface area contributed by atoms with Gasteiger partial charge in [-0.1, -0.05) is 55.4 Å². The summed E-state index contributed by atoms with van der Waals surface area (Å²) in [6, 6.07) is 0. The molecule has 0 aliphatic heterocycles. The highest BCUT2D eigenvalue weighted by Crippen LogP contribution is 2.36. The Bertz CT molecular complexity index is 319. The standard InChI is InChI=1S/C17H36N2O/c1-12(2)10-17(9,18)19-14(20)13(16(6,7)8)11-15(3,4)5/h12-13H,10-11,18H2,1-9H3,(H,19,20). The summed E-state index contributed by atoms with van der Waals surface area (Å²) in [6.07, 6.45) is 1.64. The molecule has 1 amide bonds. The molecule has 120 valence electrons. The van der Waals surface area contributed by atoms with Gasteiger partial charge in [0.25, 0.3) is 0 Å². The molecule has 3 heteroatoms. The lowest BCUT2D eigenvalue weighted by Crippen LogP contribution is -2.57. The van der Waals surface area contributed by atoms with Crippen molar-refractivity contribution < 1.29 is 4.79 Å². The Balaban J connectivity index is 4.99. The van der Waals surface area contributed by atoms with E-state index in [-0.39, 0.29) is 22.7 Å². The molecule has 0 aliphatic rings. The third kappa shape index (κ3) is 7.88. The lowest BCUT2D eigenvalue weighted by atomic mass is 9.71. The molecule has 0 aromatic heterocycles. The van der Waals surface area contributed by atoms with E-state index in [4.69, 9.17) is 5.73 Å². The van der Waals surface area contributed by atoms with E-state index in [2.05, 4.69) is 60.7 Å². The second-order valence-electron chi connectivity index (χ2n) is 9.19. The Labute approximate surface area is 126 Å². The summed E-state index contributed by atoms with van der Waals surface area (Å²) in [5, 5.41) is 3.06. The number of carbonyl (C=O) groups excluding carboxylic acids is 1. The highest BCUT2D eigenvalue weighted by Gasteiger charge is 2.36. The minimum absolute atomic E-state index is 0.0301. The van der Waals surface area contributed by atoms with Crippen LogP contribution in [0.5, 0.6) is 0 Å². The van der Waals surface area contributed by atoms with Gasteiger partial charge in [0, 0.05) is 5.92 Å². The molecule has 3 N–H and O–H groups in total. The van der Waals surface area contributed by atoms with E-state index in [0.29, 0.717) is 5.92 Å². The van der Waals surface area contributed by atoms with Crippen molar-refractivity contribution in [2.24, 2.45) is 28.4 Å². The first kappa shape index (κ1) is 19.4. The number of hydrogen-bond acceptors (Lipinski definition) is 2. The van der Waals surface area contributed by atoms with Crippen molar-refractivity contribution >= 4 is 5.91 Å². The minimum atomic E-state index is -0.632. The molecule has 0 aliphatic carbocycles. The van der Waals surface area contributed by atoms with Crippen molar-refractivity contribution in [2.45, 2.75) is 80.8 Å². The van der Waals surface area contributed by atoms with Gasteiger partial charge >= 0.3 is 0 Å². The summed E-state index contributed by atoms with van der Waals surface area (Å²) in [6.45, 7) is 19.0. The Hall–Kier alpha value is -0.570. The maximum absolute atomic E-state index is 12.7. The van der Waals surface area contributed by atoms with Crippen LogP contribution in [0.25, 0.3) is 0 Å². The molecule has 0 radical (unpaired) electrons. The van der Waals surface area contributed by atoms with E-state index >= 15 is 0 Å². The second-order valence-corrected chi connectivity index (χ2v) is 9.19. The van der Waals surface area contributed by atoms with Crippen molar-refractivity contribution in [3.05, 3.63) is 0 Å². The van der Waals surface area contributed by atoms with E-state index < -0.39 is 5.66 Å². The van der Waals surface area contributed by atoms with Crippen molar-refractivity contribution in [1.29, 1.82) is 0 Å². The normalized spacial score (nSPS) is 17.8. The van der Waals surface area contributed by atoms with Crippen LogP contribution in [-0.4, -0.2) is 11.6 Å². The van der Waals surface area contributed by atoms with Gasteiger partial charge in [0.05, 0.1) is 5.66 Å². The fourth-order valence-electron chi connectivity index (χ4n) is 2.67. The summed E-state index contributed by atoms with van der Waals surface area (Å²) in [4.78, 5) is 12.7. The Morgan fingerprint density at radius 1 is 1.00 bits per heavy atom. The molecule has 3 nitrogen and oxygen atoms in total. The third-order valence-corrected chi connectivity index (χ3v) is 3.42. The largest absolute Gasteiger partial charge is 0.338 e. The Kier molecular flexibility index (Phi) is 6.28. The van der Waals surface area contributed by atoms with Gasteiger partial charge in [0.15, 0.2) is 0 Å². The van der Waals surface area contributed by atoms with Crippen molar-refractivity contribution in [3.63, 3.8) is 0 Å². The molecular formula is C17H36N2O. The molecule has 0 spiro atoms. The van der Waals surface area contributed by atoms with Crippen molar-refractivity contribution in [2.75, 3.05) is 0 Å². The molecular weight excluding hydrogens is 248 g/mol. The van der Waals surface area contributed by atoms with Crippen LogP contribution in [0, 0.1) is 22.7 Å². The quantitative estimate of drug-likeness (QED) is 0.752. The van der Waals surface area contributed by atoms with E-state index in [9.17, 15) is 4.79 Å². The van der Waals surface area contributed by atoms with Gasteiger partial charge in [-0.15, -0.1) is 0 Å². The fourth-order valence-corrected chi connectivity index (χ4v) is 2.67. The molecule has 0 bridgehead atoms. The summed E-state index contributed by atoms with van der Waals surface area (Å²) in [5.74, 6) is 0.511. The number of hydrogen-bond donors (Lipinski definition) is 2. The fraction of sp³-hybridized carbons (Fsp3) is 0.941. The van der Waals surface area contributed by atoms with E-state index in [1.807, 2.05) is 6.92 Å². The SMILES string of the molecule is CC(C)CC(C)(N)NC(=O)C(CC(C)(C)C)C(C)(C)C. The van der Waals surface area contributed by atoms with Crippen LogP contribution in [0.3, 0.4) is 0 Å². The molecule has 0 rings (SSSR count). The minimum Gasteiger partial charge on any atom is -0.338 e. The Morgan fingerprint density at radius 3 is 1.75 bits per heavy atom. The topological polar surface area (TPSA) is 55.1 Å². The van der Waals surface area contributed by atoms with E-state index in [1.54, 1.807) is 0 Å². The van der Waals surface area contributed by atoms with Crippen LogP contribution >= 0.6 is 0 Å². The van der Waals surface area contributed by atoms with Gasteiger partial charge < -0.3 is 11.1 Å².